The molecular weight excluding hydrogens is 224 g/mol. The molecule has 2 nitrogen and oxygen atoms in total. The van der Waals surface area contributed by atoms with Crippen LogP contribution in [0.4, 0.5) is 0 Å². The molecule has 2 aliphatic carbocycles. The van der Waals surface area contributed by atoms with Gasteiger partial charge in [0.25, 0.3) is 0 Å². The number of esters is 1. The normalized spacial score (nSPS) is 40.0. The first-order valence-corrected chi connectivity index (χ1v) is 6.61. The monoisotopic (exact) mass is 244 g/mol. The minimum Gasteiger partial charge on any atom is -0.466 e. The minimum atomic E-state index is -0.187. The lowest BCUT2D eigenvalue weighted by Gasteiger charge is -2.40. The zero-order chi connectivity index (χ0) is 12.0. The van der Waals surface area contributed by atoms with E-state index in [1.54, 1.807) is 0 Å². The summed E-state index contributed by atoms with van der Waals surface area (Å²) < 4.78 is 5.09. The van der Waals surface area contributed by atoms with Gasteiger partial charge in [0.2, 0.25) is 0 Å². The number of carbonyl (C=O) groups is 1. The molecule has 0 aliphatic heterocycles. The van der Waals surface area contributed by atoms with Gasteiger partial charge in [-0.05, 0) is 42.4 Å². The summed E-state index contributed by atoms with van der Waals surface area (Å²) in [4.78, 5) is 10.8. The van der Waals surface area contributed by atoms with Gasteiger partial charge < -0.3 is 4.74 Å². The summed E-state index contributed by atoms with van der Waals surface area (Å²) in [6.45, 7) is 6.66. The summed E-state index contributed by atoms with van der Waals surface area (Å²) in [7, 11) is 0. The number of alkyl halides is 1. The van der Waals surface area contributed by atoms with Crippen molar-refractivity contribution in [3.05, 3.63) is 0 Å². The molecular formula is C13H21ClO2. The fourth-order valence-corrected chi connectivity index (χ4v) is 4.66. The van der Waals surface area contributed by atoms with Gasteiger partial charge in [0.15, 0.2) is 0 Å². The van der Waals surface area contributed by atoms with Gasteiger partial charge >= 0.3 is 5.97 Å². The van der Waals surface area contributed by atoms with Crippen molar-refractivity contribution in [2.24, 2.45) is 16.7 Å². The Hall–Kier alpha value is -0.240. The Morgan fingerprint density at radius 3 is 2.62 bits per heavy atom. The van der Waals surface area contributed by atoms with Crippen molar-refractivity contribution in [1.82, 2.24) is 0 Å². The van der Waals surface area contributed by atoms with Crippen molar-refractivity contribution in [3.63, 3.8) is 0 Å². The number of fused-ring (bicyclic) bond motifs is 2. The Kier molecular flexibility index (Phi) is 2.98. The van der Waals surface area contributed by atoms with Crippen LogP contribution in [0.3, 0.4) is 0 Å². The maximum atomic E-state index is 10.8. The third-order valence-corrected chi connectivity index (χ3v) is 5.78. The SMILES string of the molecule is CC(=O)OCC[C@@]12CC[C@@H](C[C@@H]1Cl)C2(C)C. The van der Waals surface area contributed by atoms with Crippen molar-refractivity contribution in [2.45, 2.75) is 51.8 Å². The average Bonchev–Trinajstić information content (AvgIpc) is 2.50. The Bertz CT molecular complexity index is 300. The van der Waals surface area contributed by atoms with E-state index in [0.717, 1.165) is 18.8 Å². The van der Waals surface area contributed by atoms with Crippen molar-refractivity contribution < 1.29 is 9.53 Å². The van der Waals surface area contributed by atoms with Gasteiger partial charge in [0, 0.05) is 12.3 Å². The van der Waals surface area contributed by atoms with Crippen LogP contribution in [0.5, 0.6) is 0 Å². The molecule has 2 fully saturated rings. The second-order valence-corrected chi connectivity index (χ2v) is 6.43. The number of hydrogen-bond donors (Lipinski definition) is 0. The Balaban J connectivity index is 2.07. The largest absolute Gasteiger partial charge is 0.466 e. The first kappa shape index (κ1) is 12.2. The summed E-state index contributed by atoms with van der Waals surface area (Å²) >= 11 is 6.52. The molecule has 2 aliphatic rings. The topological polar surface area (TPSA) is 26.3 Å². The fourth-order valence-electron chi connectivity index (χ4n) is 3.95. The summed E-state index contributed by atoms with van der Waals surface area (Å²) in [6, 6.07) is 0. The molecule has 0 saturated heterocycles. The van der Waals surface area contributed by atoms with Crippen LogP contribution in [0.15, 0.2) is 0 Å². The van der Waals surface area contributed by atoms with Gasteiger partial charge in [0.1, 0.15) is 0 Å². The van der Waals surface area contributed by atoms with E-state index in [4.69, 9.17) is 16.3 Å². The van der Waals surface area contributed by atoms with Crippen molar-refractivity contribution in [2.75, 3.05) is 6.61 Å². The number of rotatable bonds is 3. The number of halogens is 1. The van der Waals surface area contributed by atoms with Crippen LogP contribution in [0.1, 0.15) is 46.5 Å². The molecule has 0 aromatic rings. The molecule has 2 rings (SSSR count). The smallest absolute Gasteiger partial charge is 0.302 e. The molecule has 0 aromatic carbocycles. The highest BCUT2D eigenvalue weighted by molar-refractivity contribution is 6.21. The third kappa shape index (κ3) is 1.57. The molecule has 0 amide bonds. The van der Waals surface area contributed by atoms with Crippen molar-refractivity contribution in [1.29, 1.82) is 0 Å². The van der Waals surface area contributed by atoms with Crippen LogP contribution in [0.2, 0.25) is 0 Å². The van der Waals surface area contributed by atoms with Crippen molar-refractivity contribution in [3.8, 4) is 0 Å². The highest BCUT2D eigenvalue weighted by Gasteiger charge is 2.63. The lowest BCUT2D eigenvalue weighted by Crippen LogP contribution is -2.37. The Labute approximate surface area is 103 Å². The highest BCUT2D eigenvalue weighted by atomic mass is 35.5. The Morgan fingerprint density at radius 1 is 1.50 bits per heavy atom. The summed E-state index contributed by atoms with van der Waals surface area (Å²) in [6.07, 6.45) is 4.54. The molecule has 2 bridgehead atoms. The first-order chi connectivity index (χ1) is 7.40. The predicted molar refractivity (Wildman–Crippen MR) is 64.4 cm³/mol. The molecule has 2 saturated carbocycles. The van der Waals surface area contributed by atoms with Gasteiger partial charge in [-0.2, -0.15) is 0 Å². The molecule has 92 valence electrons. The minimum absolute atomic E-state index is 0.187. The number of carbonyl (C=O) groups excluding carboxylic acids is 1. The van der Waals surface area contributed by atoms with E-state index in [2.05, 4.69) is 13.8 Å². The molecule has 0 heterocycles. The van der Waals surface area contributed by atoms with Crippen LogP contribution in [0.25, 0.3) is 0 Å². The van der Waals surface area contributed by atoms with E-state index in [-0.39, 0.29) is 16.8 Å². The van der Waals surface area contributed by atoms with E-state index < -0.39 is 0 Å². The lowest BCUT2D eigenvalue weighted by atomic mass is 9.67. The van der Waals surface area contributed by atoms with Crippen LogP contribution >= 0.6 is 11.6 Å². The molecule has 16 heavy (non-hydrogen) atoms. The van der Waals surface area contributed by atoms with Gasteiger partial charge in [0.05, 0.1) is 6.61 Å². The third-order valence-electron chi connectivity index (χ3n) is 5.19. The molecule has 3 atom stereocenters. The van der Waals surface area contributed by atoms with Crippen molar-refractivity contribution >= 4 is 17.6 Å². The Morgan fingerprint density at radius 2 is 2.19 bits per heavy atom. The highest BCUT2D eigenvalue weighted by Crippen LogP contribution is 2.68. The quantitative estimate of drug-likeness (QED) is 0.562. The number of ether oxygens (including phenoxy) is 1. The second-order valence-electron chi connectivity index (χ2n) is 5.91. The first-order valence-electron chi connectivity index (χ1n) is 6.17. The van der Waals surface area contributed by atoms with Gasteiger partial charge in [-0.3, -0.25) is 4.79 Å². The van der Waals surface area contributed by atoms with E-state index in [1.807, 2.05) is 0 Å². The maximum Gasteiger partial charge on any atom is 0.302 e. The summed E-state index contributed by atoms with van der Waals surface area (Å²) in [5.41, 5.74) is 0.494. The van der Waals surface area contributed by atoms with Gasteiger partial charge in [-0.15, -0.1) is 11.6 Å². The van der Waals surface area contributed by atoms with Crippen LogP contribution < -0.4 is 0 Å². The van der Waals surface area contributed by atoms with E-state index >= 15 is 0 Å². The standard InChI is InChI=1S/C13H21ClO2/c1-9(15)16-7-6-13-5-4-10(8-11(13)14)12(13,2)3/h10-11H,4-8H2,1-3H3/t10-,11-,13-/m0/s1. The zero-order valence-electron chi connectivity index (χ0n) is 10.4. The van der Waals surface area contributed by atoms with Crippen LogP contribution in [-0.4, -0.2) is 18.0 Å². The predicted octanol–water partition coefficient (Wildman–Crippen LogP) is 3.37. The maximum absolute atomic E-state index is 10.8. The molecule has 0 unspecified atom stereocenters. The van der Waals surface area contributed by atoms with Gasteiger partial charge in [-0.1, -0.05) is 13.8 Å². The molecule has 0 N–H and O–H groups in total. The van der Waals surface area contributed by atoms with Gasteiger partial charge in [-0.25, -0.2) is 0 Å². The van der Waals surface area contributed by atoms with Crippen LogP contribution in [0, 0.1) is 16.7 Å². The molecule has 3 heteroatoms. The summed E-state index contributed by atoms with van der Waals surface area (Å²) in [5.74, 6) is 0.570. The van der Waals surface area contributed by atoms with E-state index in [9.17, 15) is 4.79 Å². The van der Waals surface area contributed by atoms with Crippen LogP contribution in [-0.2, 0) is 9.53 Å². The molecule has 0 aromatic heterocycles. The fraction of sp³-hybridized carbons (Fsp3) is 0.923. The lowest BCUT2D eigenvalue weighted by molar-refractivity contribution is -0.142. The second kappa shape index (κ2) is 3.90. The van der Waals surface area contributed by atoms with E-state index in [1.165, 1.54) is 19.8 Å². The number of hydrogen-bond acceptors (Lipinski definition) is 2. The molecule has 0 radical (unpaired) electrons. The summed E-state index contributed by atoms with van der Waals surface area (Å²) in [5, 5.41) is 0.261. The zero-order valence-corrected chi connectivity index (χ0v) is 11.1. The average molecular weight is 245 g/mol. The van der Waals surface area contributed by atoms with E-state index in [0.29, 0.717) is 12.0 Å². The molecule has 0 spiro atoms.